The number of rotatable bonds is 2. The van der Waals surface area contributed by atoms with Gasteiger partial charge in [0.05, 0.1) is 17.3 Å². The Morgan fingerprint density at radius 2 is 2.11 bits per heavy atom. The van der Waals surface area contributed by atoms with E-state index in [0.717, 1.165) is 4.47 Å². The number of hydrogen-bond acceptors (Lipinski definition) is 3. The minimum Gasteiger partial charge on any atom is -0.478 e. The Bertz CT molecular complexity index is 766. The van der Waals surface area contributed by atoms with Gasteiger partial charge in [0, 0.05) is 9.86 Å². The fourth-order valence-corrected chi connectivity index (χ4v) is 2.28. The normalized spacial score (nSPS) is 10.8. The summed E-state index contributed by atoms with van der Waals surface area (Å²) in [4.78, 5) is 15.8. The first-order valence-corrected chi connectivity index (χ1v) is 6.32. The lowest BCUT2D eigenvalue weighted by Gasteiger charge is -2.05. The summed E-state index contributed by atoms with van der Waals surface area (Å²) < 4.78 is 6.11. The molecule has 0 bridgehead atoms. The van der Waals surface area contributed by atoms with Gasteiger partial charge < -0.3 is 9.52 Å². The van der Waals surface area contributed by atoms with Crippen LogP contribution < -0.4 is 0 Å². The Labute approximate surface area is 116 Å². The van der Waals surface area contributed by atoms with Crippen LogP contribution in [0.3, 0.4) is 0 Å². The van der Waals surface area contributed by atoms with Crippen molar-refractivity contribution in [3.8, 4) is 11.5 Å². The molecule has 0 unspecified atom stereocenters. The van der Waals surface area contributed by atoms with Crippen LogP contribution in [0.5, 0.6) is 0 Å². The quantitative estimate of drug-likeness (QED) is 0.777. The van der Waals surface area contributed by atoms with Crippen LogP contribution in [0.2, 0.25) is 0 Å². The highest BCUT2D eigenvalue weighted by atomic mass is 79.9. The molecule has 0 aliphatic rings. The second kappa shape index (κ2) is 4.51. The van der Waals surface area contributed by atoms with Gasteiger partial charge in [-0.15, -0.1) is 0 Å². The van der Waals surface area contributed by atoms with E-state index in [1.165, 1.54) is 12.3 Å². The molecule has 0 atom stereocenters. The maximum atomic E-state index is 11.4. The van der Waals surface area contributed by atoms with E-state index in [9.17, 15) is 9.90 Å². The van der Waals surface area contributed by atoms with Crippen molar-refractivity contribution in [3.05, 3.63) is 52.7 Å². The summed E-state index contributed by atoms with van der Waals surface area (Å²) in [6.45, 7) is 0. The zero-order valence-corrected chi connectivity index (χ0v) is 11.2. The number of fused-ring (bicyclic) bond motifs is 1. The van der Waals surface area contributed by atoms with E-state index < -0.39 is 5.97 Å². The van der Waals surface area contributed by atoms with Gasteiger partial charge >= 0.3 is 5.97 Å². The first kappa shape index (κ1) is 11.9. The van der Waals surface area contributed by atoms with Crippen LogP contribution in [0, 0.1) is 0 Å². The second-order valence-corrected chi connectivity index (χ2v) is 4.91. The van der Waals surface area contributed by atoms with Crippen molar-refractivity contribution in [2.45, 2.75) is 0 Å². The molecular weight excluding hydrogens is 310 g/mol. The molecule has 4 nitrogen and oxygen atoms in total. The molecule has 94 valence electrons. The molecule has 0 saturated heterocycles. The van der Waals surface area contributed by atoms with E-state index in [-0.39, 0.29) is 5.56 Å². The molecule has 0 aliphatic heterocycles. The third kappa shape index (κ3) is 2.13. The number of hydrogen-bond donors (Lipinski definition) is 1. The molecule has 5 heteroatoms. The van der Waals surface area contributed by atoms with Crippen LogP contribution in [0.1, 0.15) is 10.4 Å². The Balaban J connectivity index is 2.34. The standard InChI is InChI=1S/C14H8BrNO3/c15-8-3-4-9-10(14(17)18)7-12(16-11(9)6-8)13-2-1-5-19-13/h1-7H,(H,17,18). The van der Waals surface area contributed by atoms with Crippen molar-refractivity contribution >= 4 is 32.8 Å². The number of carboxylic acids is 1. The Morgan fingerprint density at radius 1 is 1.26 bits per heavy atom. The van der Waals surface area contributed by atoms with Crippen molar-refractivity contribution in [2.24, 2.45) is 0 Å². The van der Waals surface area contributed by atoms with Crippen LogP contribution in [-0.2, 0) is 0 Å². The SMILES string of the molecule is O=C(O)c1cc(-c2ccco2)nc2cc(Br)ccc12. The van der Waals surface area contributed by atoms with Gasteiger partial charge in [0.1, 0.15) is 5.69 Å². The number of aromatic carboxylic acids is 1. The van der Waals surface area contributed by atoms with Gasteiger partial charge in [-0.3, -0.25) is 0 Å². The maximum absolute atomic E-state index is 11.4. The first-order chi connectivity index (χ1) is 9.15. The lowest BCUT2D eigenvalue weighted by atomic mass is 10.1. The molecular formula is C14H8BrNO3. The third-order valence-corrected chi connectivity index (χ3v) is 3.27. The van der Waals surface area contributed by atoms with Crippen molar-refractivity contribution < 1.29 is 14.3 Å². The average Bonchev–Trinajstić information content (AvgIpc) is 2.90. The lowest BCUT2D eigenvalue weighted by Crippen LogP contribution is -2.00. The topological polar surface area (TPSA) is 63.3 Å². The Kier molecular flexibility index (Phi) is 2.83. The van der Waals surface area contributed by atoms with E-state index in [1.54, 1.807) is 30.3 Å². The summed E-state index contributed by atoms with van der Waals surface area (Å²) in [5, 5.41) is 9.91. The van der Waals surface area contributed by atoms with Crippen LogP contribution in [0.25, 0.3) is 22.4 Å². The molecule has 2 heterocycles. The van der Waals surface area contributed by atoms with Gasteiger partial charge in [-0.1, -0.05) is 22.0 Å². The predicted octanol–water partition coefficient (Wildman–Crippen LogP) is 3.96. The third-order valence-electron chi connectivity index (χ3n) is 2.78. The van der Waals surface area contributed by atoms with Gasteiger partial charge in [0.15, 0.2) is 5.76 Å². The molecule has 0 amide bonds. The predicted molar refractivity (Wildman–Crippen MR) is 74.1 cm³/mol. The fraction of sp³-hybridized carbons (Fsp3) is 0. The highest BCUT2D eigenvalue weighted by Crippen LogP contribution is 2.27. The van der Waals surface area contributed by atoms with Gasteiger partial charge in [-0.25, -0.2) is 9.78 Å². The molecule has 0 fully saturated rings. The van der Waals surface area contributed by atoms with Crippen molar-refractivity contribution in [1.82, 2.24) is 4.98 Å². The minimum atomic E-state index is -0.984. The molecule has 19 heavy (non-hydrogen) atoms. The smallest absolute Gasteiger partial charge is 0.336 e. The second-order valence-electron chi connectivity index (χ2n) is 4.00. The first-order valence-electron chi connectivity index (χ1n) is 5.52. The maximum Gasteiger partial charge on any atom is 0.336 e. The van der Waals surface area contributed by atoms with Crippen LogP contribution in [0.4, 0.5) is 0 Å². The number of carboxylic acid groups (broad SMARTS) is 1. The molecule has 0 spiro atoms. The Morgan fingerprint density at radius 3 is 2.79 bits per heavy atom. The van der Waals surface area contributed by atoms with Gasteiger partial charge in [0.25, 0.3) is 0 Å². The summed E-state index contributed by atoms with van der Waals surface area (Å²) in [5.74, 6) is -0.438. The Hall–Kier alpha value is -2.14. The van der Waals surface area contributed by atoms with Crippen LogP contribution in [0.15, 0.2) is 51.6 Å². The van der Waals surface area contributed by atoms with Crippen molar-refractivity contribution in [2.75, 3.05) is 0 Å². The summed E-state index contributed by atoms with van der Waals surface area (Å²) in [6, 6.07) is 10.3. The summed E-state index contributed by atoms with van der Waals surface area (Å²) in [6.07, 6.45) is 1.53. The fourth-order valence-electron chi connectivity index (χ4n) is 1.93. The average molecular weight is 318 g/mol. The number of nitrogens with zero attached hydrogens (tertiary/aromatic N) is 1. The van der Waals surface area contributed by atoms with Gasteiger partial charge in [-0.2, -0.15) is 0 Å². The van der Waals surface area contributed by atoms with E-state index in [2.05, 4.69) is 20.9 Å². The summed E-state index contributed by atoms with van der Waals surface area (Å²) in [5.41, 5.74) is 1.33. The molecule has 2 aromatic heterocycles. The van der Waals surface area contributed by atoms with Gasteiger partial charge in [-0.05, 0) is 30.3 Å². The molecule has 3 rings (SSSR count). The number of carbonyl (C=O) groups is 1. The number of pyridine rings is 1. The minimum absolute atomic E-state index is 0.212. The van der Waals surface area contributed by atoms with E-state index in [4.69, 9.17) is 4.42 Å². The monoisotopic (exact) mass is 317 g/mol. The molecule has 0 aliphatic carbocycles. The largest absolute Gasteiger partial charge is 0.478 e. The van der Waals surface area contributed by atoms with E-state index in [0.29, 0.717) is 22.4 Å². The molecule has 1 aromatic carbocycles. The van der Waals surface area contributed by atoms with Gasteiger partial charge in [0.2, 0.25) is 0 Å². The molecule has 1 N–H and O–H groups in total. The molecule has 0 radical (unpaired) electrons. The highest BCUT2D eigenvalue weighted by molar-refractivity contribution is 9.10. The highest BCUT2D eigenvalue weighted by Gasteiger charge is 2.14. The number of benzene rings is 1. The number of aromatic nitrogens is 1. The molecule has 0 saturated carbocycles. The number of halogens is 1. The zero-order chi connectivity index (χ0) is 13.4. The van der Waals surface area contributed by atoms with Crippen LogP contribution >= 0.6 is 15.9 Å². The number of furan rings is 1. The lowest BCUT2D eigenvalue weighted by molar-refractivity contribution is 0.0699. The van der Waals surface area contributed by atoms with E-state index >= 15 is 0 Å². The summed E-state index contributed by atoms with van der Waals surface area (Å²) in [7, 11) is 0. The van der Waals surface area contributed by atoms with Crippen molar-refractivity contribution in [3.63, 3.8) is 0 Å². The summed E-state index contributed by atoms with van der Waals surface area (Å²) >= 11 is 3.36. The van der Waals surface area contributed by atoms with Crippen LogP contribution in [-0.4, -0.2) is 16.1 Å². The zero-order valence-electron chi connectivity index (χ0n) is 9.63. The van der Waals surface area contributed by atoms with E-state index in [1.807, 2.05) is 0 Å². The molecule has 3 aromatic rings. The van der Waals surface area contributed by atoms with Crippen molar-refractivity contribution in [1.29, 1.82) is 0 Å².